The molecule has 0 amide bonds. The lowest BCUT2D eigenvalue weighted by atomic mass is 9.82. The number of benzene rings is 3. The summed E-state index contributed by atoms with van der Waals surface area (Å²) in [7, 11) is 0. The predicted octanol–water partition coefficient (Wildman–Crippen LogP) is 5.62. The van der Waals surface area contributed by atoms with E-state index in [0.29, 0.717) is 23.9 Å². The molecule has 3 N–H and O–H groups in total. The summed E-state index contributed by atoms with van der Waals surface area (Å²) in [6.45, 7) is 9.88. The molecule has 0 aliphatic rings. The molecule has 0 heterocycles. The Labute approximate surface area is 172 Å². The van der Waals surface area contributed by atoms with E-state index in [2.05, 4.69) is 0 Å². The standard InChI is InChI=1S/C25H28O4/c1-6-29-22-13-18(7-8-21(22)26)23(19-9-14(2)24(27)15(3)10-19)20-11-16(4)25(28)17(5)12-20/h7-13,23,26-28H,6H2,1-5H3. The first kappa shape index (κ1) is 20.6. The lowest BCUT2D eigenvalue weighted by Crippen LogP contribution is -2.06. The van der Waals surface area contributed by atoms with Crippen LogP contribution in [0.1, 0.15) is 51.8 Å². The Bertz CT molecular complexity index is 949. The molecule has 29 heavy (non-hydrogen) atoms. The highest BCUT2D eigenvalue weighted by atomic mass is 16.5. The van der Waals surface area contributed by atoms with Crippen LogP contribution >= 0.6 is 0 Å². The number of phenols is 3. The molecule has 0 spiro atoms. The van der Waals surface area contributed by atoms with E-state index in [0.717, 1.165) is 38.9 Å². The Balaban J connectivity index is 2.27. The van der Waals surface area contributed by atoms with Crippen LogP contribution in [-0.4, -0.2) is 21.9 Å². The maximum atomic E-state index is 10.2. The van der Waals surface area contributed by atoms with Crippen molar-refractivity contribution in [3.63, 3.8) is 0 Å². The van der Waals surface area contributed by atoms with Gasteiger partial charge in [0.1, 0.15) is 11.5 Å². The van der Waals surface area contributed by atoms with Gasteiger partial charge in [-0.15, -0.1) is 0 Å². The van der Waals surface area contributed by atoms with Gasteiger partial charge in [0.25, 0.3) is 0 Å². The van der Waals surface area contributed by atoms with E-state index in [-0.39, 0.29) is 11.7 Å². The minimum Gasteiger partial charge on any atom is -0.507 e. The Morgan fingerprint density at radius 1 is 0.690 bits per heavy atom. The van der Waals surface area contributed by atoms with E-state index in [4.69, 9.17) is 4.74 Å². The predicted molar refractivity (Wildman–Crippen MR) is 115 cm³/mol. The van der Waals surface area contributed by atoms with Crippen LogP contribution in [0.25, 0.3) is 0 Å². The third-order valence-corrected chi connectivity index (χ3v) is 5.31. The fraction of sp³-hybridized carbons (Fsp3) is 0.280. The van der Waals surface area contributed by atoms with Crippen LogP contribution in [0.5, 0.6) is 23.0 Å². The maximum Gasteiger partial charge on any atom is 0.161 e. The smallest absolute Gasteiger partial charge is 0.161 e. The Morgan fingerprint density at radius 2 is 1.14 bits per heavy atom. The Hall–Kier alpha value is -3.14. The third kappa shape index (κ3) is 4.02. The van der Waals surface area contributed by atoms with Crippen LogP contribution < -0.4 is 4.74 Å². The lowest BCUT2D eigenvalue weighted by Gasteiger charge is -2.23. The van der Waals surface area contributed by atoms with Gasteiger partial charge in [-0.1, -0.05) is 30.3 Å². The zero-order valence-electron chi connectivity index (χ0n) is 17.6. The molecule has 0 aromatic heterocycles. The van der Waals surface area contributed by atoms with Crippen molar-refractivity contribution in [2.75, 3.05) is 6.61 Å². The van der Waals surface area contributed by atoms with Crippen molar-refractivity contribution < 1.29 is 20.1 Å². The summed E-state index contributed by atoms with van der Waals surface area (Å²) in [6, 6.07) is 13.3. The molecule has 0 saturated heterocycles. The summed E-state index contributed by atoms with van der Waals surface area (Å²) in [5.41, 5.74) is 6.23. The van der Waals surface area contributed by atoms with Crippen LogP contribution in [0.4, 0.5) is 0 Å². The average molecular weight is 392 g/mol. The minimum absolute atomic E-state index is 0.102. The van der Waals surface area contributed by atoms with Gasteiger partial charge in [-0.3, -0.25) is 0 Å². The van der Waals surface area contributed by atoms with Crippen molar-refractivity contribution >= 4 is 0 Å². The van der Waals surface area contributed by atoms with Crippen LogP contribution in [-0.2, 0) is 0 Å². The molecular formula is C25H28O4. The van der Waals surface area contributed by atoms with Crippen molar-refractivity contribution in [3.05, 3.63) is 81.4 Å². The highest BCUT2D eigenvalue weighted by Gasteiger charge is 2.22. The van der Waals surface area contributed by atoms with Gasteiger partial charge in [0.05, 0.1) is 6.61 Å². The molecule has 0 saturated carbocycles. The van der Waals surface area contributed by atoms with Gasteiger partial charge < -0.3 is 20.1 Å². The van der Waals surface area contributed by atoms with Crippen molar-refractivity contribution in [2.45, 2.75) is 40.5 Å². The summed E-state index contributed by atoms with van der Waals surface area (Å²) in [4.78, 5) is 0. The fourth-order valence-electron chi connectivity index (χ4n) is 3.87. The summed E-state index contributed by atoms with van der Waals surface area (Å²) >= 11 is 0. The SMILES string of the molecule is CCOc1cc(C(c2cc(C)c(O)c(C)c2)c2cc(C)c(O)c(C)c2)ccc1O. The van der Waals surface area contributed by atoms with Gasteiger partial charge in [0.15, 0.2) is 11.5 Å². The fourth-order valence-corrected chi connectivity index (χ4v) is 3.87. The van der Waals surface area contributed by atoms with Gasteiger partial charge in [0, 0.05) is 5.92 Å². The second kappa shape index (κ2) is 8.08. The van der Waals surface area contributed by atoms with Crippen molar-refractivity contribution in [1.29, 1.82) is 0 Å². The second-order valence-corrected chi connectivity index (χ2v) is 7.60. The minimum atomic E-state index is -0.147. The molecular weight excluding hydrogens is 364 g/mol. The van der Waals surface area contributed by atoms with E-state index in [1.165, 1.54) is 0 Å². The van der Waals surface area contributed by atoms with E-state index in [9.17, 15) is 15.3 Å². The Morgan fingerprint density at radius 3 is 1.55 bits per heavy atom. The largest absolute Gasteiger partial charge is 0.507 e. The summed E-state index contributed by atoms with van der Waals surface area (Å²) in [5, 5.41) is 30.6. The highest BCUT2D eigenvalue weighted by molar-refractivity contribution is 5.55. The molecule has 0 aliphatic carbocycles. The van der Waals surface area contributed by atoms with Crippen LogP contribution in [0, 0.1) is 27.7 Å². The molecule has 4 heteroatoms. The first-order chi connectivity index (χ1) is 13.7. The number of rotatable bonds is 5. The van der Waals surface area contributed by atoms with E-state index >= 15 is 0 Å². The van der Waals surface area contributed by atoms with Gasteiger partial charge in [-0.05, 0) is 85.7 Å². The number of aromatic hydroxyl groups is 3. The van der Waals surface area contributed by atoms with Crippen molar-refractivity contribution in [3.8, 4) is 23.0 Å². The van der Waals surface area contributed by atoms with Crippen LogP contribution in [0.3, 0.4) is 0 Å². The molecule has 152 valence electrons. The summed E-state index contributed by atoms with van der Waals surface area (Å²) in [6.07, 6.45) is 0. The molecule has 0 unspecified atom stereocenters. The topological polar surface area (TPSA) is 69.9 Å². The lowest BCUT2D eigenvalue weighted by molar-refractivity contribution is 0.317. The van der Waals surface area contributed by atoms with Gasteiger partial charge >= 0.3 is 0 Å². The molecule has 0 fully saturated rings. The van der Waals surface area contributed by atoms with Gasteiger partial charge in [-0.25, -0.2) is 0 Å². The van der Waals surface area contributed by atoms with Crippen molar-refractivity contribution in [1.82, 2.24) is 0 Å². The number of hydrogen-bond donors (Lipinski definition) is 3. The zero-order valence-corrected chi connectivity index (χ0v) is 17.6. The monoisotopic (exact) mass is 392 g/mol. The first-order valence-electron chi connectivity index (χ1n) is 9.78. The molecule has 0 radical (unpaired) electrons. The van der Waals surface area contributed by atoms with E-state index in [1.807, 2.05) is 71.0 Å². The Kier molecular flexibility index (Phi) is 5.73. The molecule has 0 atom stereocenters. The zero-order chi connectivity index (χ0) is 21.3. The highest BCUT2D eigenvalue weighted by Crippen LogP contribution is 2.40. The molecule has 4 nitrogen and oxygen atoms in total. The summed E-state index contributed by atoms with van der Waals surface area (Å²) < 4.78 is 5.60. The van der Waals surface area contributed by atoms with Crippen LogP contribution in [0.15, 0.2) is 42.5 Å². The normalized spacial score (nSPS) is 11.1. The van der Waals surface area contributed by atoms with E-state index < -0.39 is 0 Å². The van der Waals surface area contributed by atoms with Crippen molar-refractivity contribution in [2.24, 2.45) is 0 Å². The molecule has 0 aliphatic heterocycles. The number of aryl methyl sites for hydroxylation is 4. The molecule has 3 rings (SSSR count). The number of phenolic OH excluding ortho intramolecular Hbond substituents is 3. The van der Waals surface area contributed by atoms with Crippen LogP contribution in [0.2, 0.25) is 0 Å². The molecule has 0 bridgehead atoms. The van der Waals surface area contributed by atoms with Gasteiger partial charge in [-0.2, -0.15) is 0 Å². The maximum absolute atomic E-state index is 10.2. The average Bonchev–Trinajstić information content (AvgIpc) is 2.67. The molecule has 3 aromatic carbocycles. The van der Waals surface area contributed by atoms with E-state index in [1.54, 1.807) is 6.07 Å². The quantitative estimate of drug-likeness (QED) is 0.493. The number of hydrogen-bond acceptors (Lipinski definition) is 4. The number of ether oxygens (including phenoxy) is 1. The third-order valence-electron chi connectivity index (χ3n) is 5.31. The summed E-state index contributed by atoms with van der Waals surface area (Å²) in [5.74, 6) is 0.989. The van der Waals surface area contributed by atoms with Gasteiger partial charge in [0.2, 0.25) is 0 Å². The first-order valence-corrected chi connectivity index (χ1v) is 9.78. The second-order valence-electron chi connectivity index (χ2n) is 7.60. The molecule has 3 aromatic rings.